The van der Waals surface area contributed by atoms with Crippen molar-refractivity contribution in [2.24, 2.45) is 0 Å². The number of alkyl halides is 1. The minimum Gasteiger partial charge on any atom is -0.337 e. The number of pyridine rings is 1. The summed E-state index contributed by atoms with van der Waals surface area (Å²) in [6, 6.07) is 3.56. The molecular formula is C13H18BrN3O. The summed E-state index contributed by atoms with van der Waals surface area (Å²) in [5.41, 5.74) is 0.735. The summed E-state index contributed by atoms with van der Waals surface area (Å²) in [5.74, 6) is 0.123. The number of hydrogen-bond donors (Lipinski definition) is 0. The summed E-state index contributed by atoms with van der Waals surface area (Å²) in [4.78, 5) is 20.6. The van der Waals surface area contributed by atoms with Gasteiger partial charge in [0, 0.05) is 49.5 Å². The van der Waals surface area contributed by atoms with Crippen LogP contribution in [0.5, 0.6) is 0 Å². The highest BCUT2D eigenvalue weighted by Gasteiger charge is 2.19. The van der Waals surface area contributed by atoms with E-state index in [1.165, 1.54) is 0 Å². The number of aromatic nitrogens is 1. The Labute approximate surface area is 116 Å². The largest absolute Gasteiger partial charge is 0.337 e. The second kappa shape index (κ2) is 6.85. The molecule has 0 bridgehead atoms. The molecule has 1 fully saturated rings. The van der Waals surface area contributed by atoms with E-state index in [2.05, 4.69) is 25.8 Å². The predicted octanol–water partition coefficient (Wildman–Crippen LogP) is 1.62. The van der Waals surface area contributed by atoms with E-state index >= 15 is 0 Å². The fourth-order valence-electron chi connectivity index (χ4n) is 2.19. The Morgan fingerprint density at radius 1 is 1.22 bits per heavy atom. The highest BCUT2D eigenvalue weighted by molar-refractivity contribution is 9.09. The van der Waals surface area contributed by atoms with Crippen molar-refractivity contribution in [2.45, 2.75) is 6.42 Å². The summed E-state index contributed by atoms with van der Waals surface area (Å²) in [6.07, 6.45) is 4.38. The molecule has 18 heavy (non-hydrogen) atoms. The number of carbonyl (C=O) groups is 1. The first-order valence-corrected chi connectivity index (χ1v) is 7.41. The maximum Gasteiger partial charge on any atom is 0.254 e. The van der Waals surface area contributed by atoms with E-state index in [4.69, 9.17) is 0 Å². The Morgan fingerprint density at radius 3 is 2.72 bits per heavy atom. The average Bonchev–Trinajstić information content (AvgIpc) is 2.65. The quantitative estimate of drug-likeness (QED) is 0.796. The molecule has 98 valence electrons. The van der Waals surface area contributed by atoms with Gasteiger partial charge in [-0.05, 0) is 25.1 Å². The van der Waals surface area contributed by atoms with Crippen LogP contribution in [0.2, 0.25) is 0 Å². The van der Waals surface area contributed by atoms with Crippen LogP contribution in [0, 0.1) is 0 Å². The van der Waals surface area contributed by atoms with Gasteiger partial charge in [-0.15, -0.1) is 0 Å². The van der Waals surface area contributed by atoms with E-state index in [9.17, 15) is 4.79 Å². The van der Waals surface area contributed by atoms with Gasteiger partial charge in [0.1, 0.15) is 0 Å². The molecule has 1 amide bonds. The molecule has 5 heteroatoms. The molecule has 0 aliphatic carbocycles. The summed E-state index contributed by atoms with van der Waals surface area (Å²) < 4.78 is 0. The molecule has 1 aromatic rings. The van der Waals surface area contributed by atoms with Crippen molar-refractivity contribution in [2.75, 3.05) is 38.1 Å². The van der Waals surface area contributed by atoms with Gasteiger partial charge in [0.15, 0.2) is 0 Å². The lowest BCUT2D eigenvalue weighted by atomic mass is 10.2. The van der Waals surface area contributed by atoms with Crippen molar-refractivity contribution in [1.82, 2.24) is 14.8 Å². The third kappa shape index (κ3) is 3.53. The van der Waals surface area contributed by atoms with Crippen LogP contribution in [0.3, 0.4) is 0 Å². The molecule has 1 saturated heterocycles. The fraction of sp³-hybridized carbons (Fsp3) is 0.538. The van der Waals surface area contributed by atoms with Crippen LogP contribution < -0.4 is 0 Å². The highest BCUT2D eigenvalue weighted by Crippen LogP contribution is 2.08. The zero-order valence-electron chi connectivity index (χ0n) is 10.4. The number of amides is 1. The summed E-state index contributed by atoms with van der Waals surface area (Å²) in [7, 11) is 0. The lowest BCUT2D eigenvalue weighted by Crippen LogP contribution is -2.35. The van der Waals surface area contributed by atoms with Crippen LogP contribution in [-0.2, 0) is 0 Å². The molecule has 2 heterocycles. The van der Waals surface area contributed by atoms with Crippen molar-refractivity contribution in [3.05, 3.63) is 30.1 Å². The van der Waals surface area contributed by atoms with Crippen molar-refractivity contribution >= 4 is 21.8 Å². The van der Waals surface area contributed by atoms with Gasteiger partial charge in [-0.3, -0.25) is 9.78 Å². The molecular weight excluding hydrogens is 294 g/mol. The van der Waals surface area contributed by atoms with Crippen molar-refractivity contribution in [3.8, 4) is 0 Å². The maximum atomic E-state index is 12.3. The first kappa shape index (κ1) is 13.5. The molecule has 0 spiro atoms. The van der Waals surface area contributed by atoms with Crippen LogP contribution in [0.15, 0.2) is 24.5 Å². The van der Waals surface area contributed by atoms with E-state index in [0.717, 1.165) is 50.0 Å². The fourth-order valence-corrected chi connectivity index (χ4v) is 2.70. The Bertz CT molecular complexity index is 385. The van der Waals surface area contributed by atoms with Crippen LogP contribution in [-0.4, -0.2) is 58.7 Å². The molecule has 2 rings (SSSR count). The van der Waals surface area contributed by atoms with Gasteiger partial charge in [-0.25, -0.2) is 0 Å². The van der Waals surface area contributed by atoms with Crippen molar-refractivity contribution in [3.63, 3.8) is 0 Å². The van der Waals surface area contributed by atoms with Gasteiger partial charge >= 0.3 is 0 Å². The SMILES string of the molecule is O=C(c1ccncc1)N1CCCN(CCBr)CC1. The normalized spacial score (nSPS) is 17.5. The Hall–Kier alpha value is -0.940. The predicted molar refractivity (Wildman–Crippen MR) is 75.0 cm³/mol. The van der Waals surface area contributed by atoms with Crippen molar-refractivity contribution < 1.29 is 4.79 Å². The maximum absolute atomic E-state index is 12.3. The molecule has 1 aliphatic heterocycles. The highest BCUT2D eigenvalue weighted by atomic mass is 79.9. The van der Waals surface area contributed by atoms with Crippen LogP contribution in [0.25, 0.3) is 0 Å². The van der Waals surface area contributed by atoms with Crippen LogP contribution >= 0.6 is 15.9 Å². The molecule has 1 aromatic heterocycles. The minimum absolute atomic E-state index is 0.123. The zero-order valence-corrected chi connectivity index (χ0v) is 12.0. The smallest absolute Gasteiger partial charge is 0.254 e. The molecule has 0 N–H and O–H groups in total. The van der Waals surface area contributed by atoms with Crippen LogP contribution in [0.4, 0.5) is 0 Å². The monoisotopic (exact) mass is 311 g/mol. The van der Waals surface area contributed by atoms with Gasteiger partial charge in [-0.1, -0.05) is 15.9 Å². The standard InChI is InChI=1S/C13H18BrN3O/c14-4-9-16-7-1-8-17(11-10-16)13(18)12-2-5-15-6-3-12/h2-3,5-6H,1,4,7-11H2. The number of halogens is 1. The second-order valence-electron chi connectivity index (χ2n) is 4.41. The first-order valence-electron chi connectivity index (χ1n) is 6.29. The van der Waals surface area contributed by atoms with Gasteiger partial charge in [-0.2, -0.15) is 0 Å². The van der Waals surface area contributed by atoms with Gasteiger partial charge in [0.2, 0.25) is 0 Å². The summed E-state index contributed by atoms with van der Waals surface area (Å²) in [6.45, 7) is 4.75. The van der Waals surface area contributed by atoms with Crippen LogP contribution in [0.1, 0.15) is 16.8 Å². The van der Waals surface area contributed by atoms with Gasteiger partial charge < -0.3 is 9.80 Å². The first-order chi connectivity index (χ1) is 8.81. The van der Waals surface area contributed by atoms with Gasteiger partial charge in [0.25, 0.3) is 5.91 Å². The molecule has 0 unspecified atom stereocenters. The Balaban J connectivity index is 1.96. The van der Waals surface area contributed by atoms with E-state index < -0.39 is 0 Å². The van der Waals surface area contributed by atoms with E-state index in [-0.39, 0.29) is 5.91 Å². The molecule has 1 aliphatic rings. The van der Waals surface area contributed by atoms with E-state index in [1.807, 2.05) is 4.90 Å². The molecule has 4 nitrogen and oxygen atoms in total. The topological polar surface area (TPSA) is 36.4 Å². The zero-order chi connectivity index (χ0) is 12.8. The number of rotatable bonds is 3. The van der Waals surface area contributed by atoms with Gasteiger partial charge in [0.05, 0.1) is 0 Å². The minimum atomic E-state index is 0.123. The third-order valence-electron chi connectivity index (χ3n) is 3.20. The third-order valence-corrected chi connectivity index (χ3v) is 3.56. The summed E-state index contributed by atoms with van der Waals surface area (Å²) in [5, 5.41) is 0.991. The molecule has 0 saturated carbocycles. The average molecular weight is 312 g/mol. The molecule has 0 radical (unpaired) electrons. The number of nitrogens with zero attached hydrogens (tertiary/aromatic N) is 3. The summed E-state index contributed by atoms with van der Waals surface area (Å²) >= 11 is 3.46. The Morgan fingerprint density at radius 2 is 2.00 bits per heavy atom. The lowest BCUT2D eigenvalue weighted by Gasteiger charge is -2.21. The second-order valence-corrected chi connectivity index (χ2v) is 5.21. The lowest BCUT2D eigenvalue weighted by molar-refractivity contribution is 0.0761. The Kier molecular flexibility index (Phi) is 5.13. The molecule has 0 atom stereocenters. The van der Waals surface area contributed by atoms with E-state index in [0.29, 0.717) is 0 Å². The number of hydrogen-bond acceptors (Lipinski definition) is 3. The van der Waals surface area contributed by atoms with Crippen molar-refractivity contribution in [1.29, 1.82) is 0 Å². The van der Waals surface area contributed by atoms with E-state index in [1.54, 1.807) is 24.5 Å². The number of carbonyl (C=O) groups excluding carboxylic acids is 1. The molecule has 0 aromatic carbocycles.